The SMILES string of the molecule is COC(CNC(=O)C(NC(=O)c1ccco1)C(C)C)C(=O)O. The van der Waals surface area contributed by atoms with Crippen molar-refractivity contribution in [1.29, 1.82) is 0 Å². The van der Waals surface area contributed by atoms with Crippen LogP contribution in [0.2, 0.25) is 0 Å². The summed E-state index contributed by atoms with van der Waals surface area (Å²) in [5.74, 6) is -2.27. The van der Waals surface area contributed by atoms with Crippen molar-refractivity contribution in [2.24, 2.45) is 5.92 Å². The first-order chi connectivity index (χ1) is 10.4. The molecule has 0 radical (unpaired) electrons. The molecular formula is C14H20N2O6. The molecule has 1 aromatic heterocycles. The van der Waals surface area contributed by atoms with Gasteiger partial charge < -0.3 is 24.9 Å². The van der Waals surface area contributed by atoms with Crippen LogP contribution in [0.3, 0.4) is 0 Å². The van der Waals surface area contributed by atoms with Gasteiger partial charge in [-0.15, -0.1) is 0 Å². The average molecular weight is 312 g/mol. The van der Waals surface area contributed by atoms with Gasteiger partial charge in [0.1, 0.15) is 6.04 Å². The molecule has 0 aliphatic heterocycles. The minimum atomic E-state index is -1.18. The van der Waals surface area contributed by atoms with Crippen LogP contribution in [0.4, 0.5) is 0 Å². The Morgan fingerprint density at radius 3 is 2.50 bits per heavy atom. The van der Waals surface area contributed by atoms with E-state index in [-0.39, 0.29) is 18.2 Å². The summed E-state index contributed by atoms with van der Waals surface area (Å²) in [6, 6.07) is 2.23. The van der Waals surface area contributed by atoms with E-state index < -0.39 is 29.9 Å². The standard InChI is InChI=1S/C14H20N2O6/c1-8(2)11(16-12(17)9-5-4-6-22-9)13(18)15-7-10(21-3)14(19)20/h4-6,8,10-11H,7H2,1-3H3,(H,15,18)(H,16,17)(H,19,20). The molecule has 0 aliphatic rings. The summed E-state index contributed by atoms with van der Waals surface area (Å²) in [6.45, 7) is 3.33. The molecule has 2 amide bonds. The first-order valence-corrected chi connectivity index (χ1v) is 6.74. The Balaban J connectivity index is 2.64. The van der Waals surface area contributed by atoms with E-state index in [1.54, 1.807) is 19.9 Å². The number of carbonyl (C=O) groups is 3. The number of methoxy groups -OCH3 is 1. The van der Waals surface area contributed by atoms with Crippen LogP contribution >= 0.6 is 0 Å². The Hall–Kier alpha value is -2.35. The number of rotatable bonds is 8. The van der Waals surface area contributed by atoms with Gasteiger partial charge in [0, 0.05) is 7.11 Å². The number of nitrogens with one attached hydrogen (secondary N) is 2. The van der Waals surface area contributed by atoms with Crippen LogP contribution in [0.15, 0.2) is 22.8 Å². The van der Waals surface area contributed by atoms with Crippen LogP contribution in [0.25, 0.3) is 0 Å². The fourth-order valence-corrected chi connectivity index (χ4v) is 1.73. The highest BCUT2D eigenvalue weighted by Crippen LogP contribution is 2.06. The van der Waals surface area contributed by atoms with Gasteiger partial charge in [-0.25, -0.2) is 4.79 Å². The van der Waals surface area contributed by atoms with Crippen LogP contribution in [0, 0.1) is 5.92 Å². The topological polar surface area (TPSA) is 118 Å². The van der Waals surface area contributed by atoms with Crippen LogP contribution in [-0.2, 0) is 14.3 Å². The summed E-state index contributed by atoms with van der Waals surface area (Å²) >= 11 is 0. The number of aliphatic carboxylic acids is 1. The van der Waals surface area contributed by atoms with E-state index in [1.165, 1.54) is 19.4 Å². The molecule has 22 heavy (non-hydrogen) atoms. The highest BCUT2D eigenvalue weighted by molar-refractivity contribution is 5.95. The minimum absolute atomic E-state index is 0.0961. The fraction of sp³-hybridized carbons (Fsp3) is 0.500. The van der Waals surface area contributed by atoms with Gasteiger partial charge >= 0.3 is 5.97 Å². The third-order valence-corrected chi connectivity index (χ3v) is 3.00. The Morgan fingerprint density at radius 1 is 1.36 bits per heavy atom. The zero-order chi connectivity index (χ0) is 16.7. The van der Waals surface area contributed by atoms with Gasteiger partial charge in [-0.1, -0.05) is 13.8 Å². The number of ether oxygens (including phenoxy) is 1. The van der Waals surface area contributed by atoms with Crippen molar-refractivity contribution in [3.05, 3.63) is 24.2 Å². The largest absolute Gasteiger partial charge is 0.479 e. The van der Waals surface area contributed by atoms with E-state index in [4.69, 9.17) is 14.3 Å². The predicted molar refractivity (Wildman–Crippen MR) is 76.2 cm³/mol. The number of carboxylic acids is 1. The molecule has 0 saturated carbocycles. The van der Waals surface area contributed by atoms with Crippen LogP contribution in [-0.4, -0.2) is 48.7 Å². The van der Waals surface area contributed by atoms with Gasteiger partial charge in [-0.05, 0) is 18.1 Å². The van der Waals surface area contributed by atoms with Gasteiger partial charge in [-0.3, -0.25) is 9.59 Å². The first kappa shape index (κ1) is 17.7. The van der Waals surface area contributed by atoms with E-state index in [9.17, 15) is 14.4 Å². The molecule has 0 aromatic carbocycles. The minimum Gasteiger partial charge on any atom is -0.479 e. The molecule has 3 N–H and O–H groups in total. The second kappa shape index (κ2) is 8.18. The zero-order valence-electron chi connectivity index (χ0n) is 12.7. The Labute approximate surface area is 127 Å². The van der Waals surface area contributed by atoms with Gasteiger partial charge in [0.15, 0.2) is 11.9 Å². The predicted octanol–water partition coefficient (Wildman–Crippen LogP) is 0.250. The van der Waals surface area contributed by atoms with Gasteiger partial charge in [0.25, 0.3) is 5.91 Å². The molecule has 8 heteroatoms. The molecule has 1 heterocycles. The smallest absolute Gasteiger partial charge is 0.334 e. The third-order valence-electron chi connectivity index (χ3n) is 3.00. The summed E-state index contributed by atoms with van der Waals surface area (Å²) < 4.78 is 9.69. The normalized spacial score (nSPS) is 13.5. The maximum absolute atomic E-state index is 12.1. The monoisotopic (exact) mass is 312 g/mol. The first-order valence-electron chi connectivity index (χ1n) is 6.74. The molecule has 0 fully saturated rings. The summed E-state index contributed by atoms with van der Waals surface area (Å²) in [6.07, 6.45) is 0.215. The number of furan rings is 1. The number of carboxylic acid groups (broad SMARTS) is 1. The molecule has 0 spiro atoms. The quantitative estimate of drug-likeness (QED) is 0.633. The zero-order valence-corrected chi connectivity index (χ0v) is 12.7. The van der Waals surface area contributed by atoms with E-state index in [1.807, 2.05) is 0 Å². The maximum atomic E-state index is 12.1. The Bertz CT molecular complexity index is 511. The molecule has 0 saturated heterocycles. The molecule has 2 atom stereocenters. The van der Waals surface area contributed by atoms with E-state index in [2.05, 4.69) is 10.6 Å². The fourth-order valence-electron chi connectivity index (χ4n) is 1.73. The lowest BCUT2D eigenvalue weighted by Crippen LogP contribution is -2.51. The molecular weight excluding hydrogens is 292 g/mol. The number of carbonyl (C=O) groups excluding carboxylic acids is 2. The van der Waals surface area contributed by atoms with Crippen molar-refractivity contribution in [2.45, 2.75) is 26.0 Å². The maximum Gasteiger partial charge on any atom is 0.334 e. The van der Waals surface area contributed by atoms with Crippen molar-refractivity contribution in [2.75, 3.05) is 13.7 Å². The van der Waals surface area contributed by atoms with Crippen molar-refractivity contribution < 1.29 is 28.6 Å². The lowest BCUT2D eigenvalue weighted by Gasteiger charge is -2.22. The molecule has 8 nitrogen and oxygen atoms in total. The van der Waals surface area contributed by atoms with E-state index in [0.29, 0.717) is 0 Å². The van der Waals surface area contributed by atoms with Crippen LogP contribution < -0.4 is 10.6 Å². The summed E-state index contributed by atoms with van der Waals surface area (Å²) in [4.78, 5) is 34.9. The lowest BCUT2D eigenvalue weighted by atomic mass is 10.0. The number of amides is 2. The Kier molecular flexibility index (Phi) is 6.58. The number of hydrogen-bond donors (Lipinski definition) is 3. The number of hydrogen-bond acceptors (Lipinski definition) is 5. The van der Waals surface area contributed by atoms with Gasteiger partial charge in [0.05, 0.1) is 12.8 Å². The molecule has 0 aliphatic carbocycles. The lowest BCUT2D eigenvalue weighted by molar-refractivity contribution is -0.148. The molecule has 2 unspecified atom stereocenters. The molecule has 0 bridgehead atoms. The van der Waals surface area contributed by atoms with Crippen molar-refractivity contribution in [3.63, 3.8) is 0 Å². The highest BCUT2D eigenvalue weighted by atomic mass is 16.5. The van der Waals surface area contributed by atoms with Crippen molar-refractivity contribution in [1.82, 2.24) is 10.6 Å². The van der Waals surface area contributed by atoms with Crippen molar-refractivity contribution >= 4 is 17.8 Å². The summed E-state index contributed by atoms with van der Waals surface area (Å²) in [5, 5.41) is 13.9. The van der Waals surface area contributed by atoms with E-state index in [0.717, 1.165) is 0 Å². The van der Waals surface area contributed by atoms with Crippen LogP contribution in [0.1, 0.15) is 24.4 Å². The highest BCUT2D eigenvalue weighted by Gasteiger charge is 2.27. The summed E-state index contributed by atoms with van der Waals surface area (Å²) in [7, 11) is 1.24. The second-order valence-electron chi connectivity index (χ2n) is 4.98. The van der Waals surface area contributed by atoms with Crippen molar-refractivity contribution in [3.8, 4) is 0 Å². The third kappa shape index (κ3) is 4.88. The molecule has 1 aromatic rings. The Morgan fingerprint density at radius 2 is 2.05 bits per heavy atom. The average Bonchev–Trinajstić information content (AvgIpc) is 2.98. The van der Waals surface area contributed by atoms with Gasteiger partial charge in [-0.2, -0.15) is 0 Å². The molecule has 122 valence electrons. The van der Waals surface area contributed by atoms with Crippen LogP contribution in [0.5, 0.6) is 0 Å². The second-order valence-corrected chi connectivity index (χ2v) is 4.98. The van der Waals surface area contributed by atoms with Gasteiger partial charge in [0.2, 0.25) is 5.91 Å². The summed E-state index contributed by atoms with van der Waals surface area (Å²) in [5.41, 5.74) is 0. The molecule has 1 rings (SSSR count). The van der Waals surface area contributed by atoms with E-state index >= 15 is 0 Å².